The molecule has 6 heteroatoms. The number of ether oxygens (including phenoxy) is 1. The van der Waals surface area contributed by atoms with Gasteiger partial charge in [0.1, 0.15) is 5.75 Å². The second-order valence-electron chi connectivity index (χ2n) is 4.27. The molecule has 0 saturated carbocycles. The van der Waals surface area contributed by atoms with Crippen LogP contribution in [-0.4, -0.2) is 31.6 Å². The molecule has 0 aliphatic carbocycles. The number of hydrogen-bond acceptors (Lipinski definition) is 3. The summed E-state index contributed by atoms with van der Waals surface area (Å²) in [5.74, 6) is 0.253. The number of halogens is 2. The monoisotopic (exact) mass is 304 g/mol. The van der Waals surface area contributed by atoms with E-state index in [1.165, 1.54) is 0 Å². The van der Waals surface area contributed by atoms with Gasteiger partial charge in [-0.2, -0.15) is 0 Å². The van der Waals surface area contributed by atoms with Crippen molar-refractivity contribution in [3.8, 4) is 5.75 Å². The standard InChI is InChI=1S/C13H18Cl2N2O2/c1-8(16-3)7-17-13(18)9(2)19-12-5-4-10(14)6-11(12)15/h4-6,8-9,16H,7H2,1-3H3,(H,17,18). The highest BCUT2D eigenvalue weighted by Gasteiger charge is 2.16. The molecule has 0 spiro atoms. The van der Waals surface area contributed by atoms with Crippen LogP contribution in [0.2, 0.25) is 10.0 Å². The molecule has 19 heavy (non-hydrogen) atoms. The Kier molecular flexibility index (Phi) is 6.42. The first kappa shape index (κ1) is 16.1. The predicted molar refractivity (Wildman–Crippen MR) is 78.1 cm³/mol. The molecular weight excluding hydrogens is 287 g/mol. The minimum atomic E-state index is -0.622. The summed E-state index contributed by atoms with van der Waals surface area (Å²) < 4.78 is 5.50. The molecule has 1 rings (SSSR count). The first-order valence-electron chi connectivity index (χ1n) is 6.00. The molecule has 2 atom stereocenters. The molecule has 0 bridgehead atoms. The zero-order valence-corrected chi connectivity index (χ0v) is 12.7. The van der Waals surface area contributed by atoms with E-state index < -0.39 is 6.10 Å². The summed E-state index contributed by atoms with van der Waals surface area (Å²) in [5, 5.41) is 6.73. The van der Waals surface area contributed by atoms with Crippen molar-refractivity contribution in [1.82, 2.24) is 10.6 Å². The topological polar surface area (TPSA) is 50.4 Å². The van der Waals surface area contributed by atoms with E-state index in [1.54, 1.807) is 25.1 Å². The third kappa shape index (κ3) is 5.27. The van der Waals surface area contributed by atoms with Gasteiger partial charge in [-0.15, -0.1) is 0 Å². The molecule has 2 unspecified atom stereocenters. The Morgan fingerprint density at radius 2 is 2.05 bits per heavy atom. The lowest BCUT2D eigenvalue weighted by Gasteiger charge is -2.17. The van der Waals surface area contributed by atoms with E-state index in [4.69, 9.17) is 27.9 Å². The number of carbonyl (C=O) groups excluding carboxylic acids is 1. The third-order valence-corrected chi connectivity index (χ3v) is 3.17. The van der Waals surface area contributed by atoms with Gasteiger partial charge in [0.15, 0.2) is 6.10 Å². The average Bonchev–Trinajstić information content (AvgIpc) is 2.38. The minimum Gasteiger partial charge on any atom is -0.479 e. The molecule has 2 N–H and O–H groups in total. The Labute approximate surface area is 123 Å². The lowest BCUT2D eigenvalue weighted by molar-refractivity contribution is -0.127. The number of rotatable bonds is 6. The first-order valence-corrected chi connectivity index (χ1v) is 6.76. The van der Waals surface area contributed by atoms with E-state index in [2.05, 4.69) is 10.6 Å². The fourth-order valence-electron chi connectivity index (χ4n) is 1.31. The quantitative estimate of drug-likeness (QED) is 0.849. The van der Waals surface area contributed by atoms with Crippen molar-refractivity contribution in [3.63, 3.8) is 0 Å². The zero-order chi connectivity index (χ0) is 14.4. The molecule has 106 valence electrons. The van der Waals surface area contributed by atoms with Crippen molar-refractivity contribution in [2.75, 3.05) is 13.6 Å². The van der Waals surface area contributed by atoms with Crippen LogP contribution in [-0.2, 0) is 4.79 Å². The molecule has 0 heterocycles. The molecular formula is C13H18Cl2N2O2. The minimum absolute atomic E-state index is 0.187. The molecule has 0 aliphatic rings. The van der Waals surface area contributed by atoms with E-state index in [0.29, 0.717) is 22.3 Å². The highest BCUT2D eigenvalue weighted by atomic mass is 35.5. The lowest BCUT2D eigenvalue weighted by Crippen LogP contribution is -2.42. The van der Waals surface area contributed by atoms with E-state index in [-0.39, 0.29) is 11.9 Å². The zero-order valence-electron chi connectivity index (χ0n) is 11.2. The number of likely N-dealkylation sites (N-methyl/N-ethyl adjacent to an activating group) is 1. The molecule has 4 nitrogen and oxygen atoms in total. The van der Waals surface area contributed by atoms with E-state index >= 15 is 0 Å². The van der Waals surface area contributed by atoms with Crippen LogP contribution >= 0.6 is 23.2 Å². The largest absolute Gasteiger partial charge is 0.479 e. The Morgan fingerprint density at radius 1 is 1.37 bits per heavy atom. The van der Waals surface area contributed by atoms with Crippen LogP contribution in [0.1, 0.15) is 13.8 Å². The molecule has 0 aliphatic heterocycles. The molecule has 1 aromatic carbocycles. The second-order valence-corrected chi connectivity index (χ2v) is 5.11. The summed E-state index contributed by atoms with van der Waals surface area (Å²) in [5.41, 5.74) is 0. The molecule has 0 radical (unpaired) electrons. The highest BCUT2D eigenvalue weighted by molar-refractivity contribution is 6.35. The maximum Gasteiger partial charge on any atom is 0.260 e. The van der Waals surface area contributed by atoms with Gasteiger partial charge < -0.3 is 15.4 Å². The maximum absolute atomic E-state index is 11.8. The van der Waals surface area contributed by atoms with Gasteiger partial charge in [-0.05, 0) is 39.1 Å². The number of amides is 1. The molecule has 0 fully saturated rings. The SMILES string of the molecule is CNC(C)CNC(=O)C(C)Oc1ccc(Cl)cc1Cl. The summed E-state index contributed by atoms with van der Waals surface area (Å²) in [6, 6.07) is 5.09. The Bertz CT molecular complexity index is 441. The van der Waals surface area contributed by atoms with Crippen molar-refractivity contribution in [2.45, 2.75) is 26.0 Å². The summed E-state index contributed by atoms with van der Waals surface area (Å²) in [6.07, 6.45) is -0.622. The fourth-order valence-corrected chi connectivity index (χ4v) is 1.77. The smallest absolute Gasteiger partial charge is 0.260 e. The number of carbonyl (C=O) groups is 1. The number of hydrogen-bond donors (Lipinski definition) is 2. The van der Waals surface area contributed by atoms with Gasteiger partial charge in [-0.3, -0.25) is 4.79 Å². The van der Waals surface area contributed by atoms with Crippen LogP contribution in [0.4, 0.5) is 0 Å². The van der Waals surface area contributed by atoms with Gasteiger partial charge in [0.25, 0.3) is 5.91 Å². The molecule has 1 amide bonds. The first-order chi connectivity index (χ1) is 8.93. The fraction of sp³-hybridized carbons (Fsp3) is 0.462. The van der Waals surface area contributed by atoms with Gasteiger partial charge in [0.2, 0.25) is 0 Å². The number of benzene rings is 1. The summed E-state index contributed by atoms with van der Waals surface area (Å²) >= 11 is 11.8. The third-order valence-electron chi connectivity index (χ3n) is 2.64. The van der Waals surface area contributed by atoms with Crippen LogP contribution in [0, 0.1) is 0 Å². The van der Waals surface area contributed by atoms with Crippen molar-refractivity contribution in [2.24, 2.45) is 0 Å². The van der Waals surface area contributed by atoms with E-state index in [1.807, 2.05) is 14.0 Å². The van der Waals surface area contributed by atoms with E-state index in [0.717, 1.165) is 0 Å². The van der Waals surface area contributed by atoms with Crippen molar-refractivity contribution in [3.05, 3.63) is 28.2 Å². The van der Waals surface area contributed by atoms with Crippen LogP contribution in [0.5, 0.6) is 5.75 Å². The van der Waals surface area contributed by atoms with Crippen molar-refractivity contribution < 1.29 is 9.53 Å². The van der Waals surface area contributed by atoms with Gasteiger partial charge in [-0.1, -0.05) is 23.2 Å². The van der Waals surface area contributed by atoms with Gasteiger partial charge >= 0.3 is 0 Å². The summed E-state index contributed by atoms with van der Waals surface area (Å²) in [4.78, 5) is 11.8. The normalized spacial score (nSPS) is 13.7. The van der Waals surface area contributed by atoms with Crippen LogP contribution in [0.25, 0.3) is 0 Å². The lowest BCUT2D eigenvalue weighted by atomic mass is 10.3. The Morgan fingerprint density at radius 3 is 2.63 bits per heavy atom. The van der Waals surface area contributed by atoms with Crippen molar-refractivity contribution >= 4 is 29.1 Å². The van der Waals surface area contributed by atoms with Crippen LogP contribution in [0.15, 0.2) is 18.2 Å². The van der Waals surface area contributed by atoms with Gasteiger partial charge in [0, 0.05) is 17.6 Å². The van der Waals surface area contributed by atoms with Crippen LogP contribution < -0.4 is 15.4 Å². The van der Waals surface area contributed by atoms with Gasteiger partial charge in [-0.25, -0.2) is 0 Å². The summed E-state index contributed by atoms with van der Waals surface area (Å²) in [6.45, 7) is 4.18. The van der Waals surface area contributed by atoms with E-state index in [9.17, 15) is 4.79 Å². The molecule has 0 aromatic heterocycles. The second kappa shape index (κ2) is 7.58. The van der Waals surface area contributed by atoms with Crippen LogP contribution in [0.3, 0.4) is 0 Å². The maximum atomic E-state index is 11.8. The summed E-state index contributed by atoms with van der Waals surface area (Å²) in [7, 11) is 1.84. The Balaban J connectivity index is 2.54. The average molecular weight is 305 g/mol. The molecule has 1 aromatic rings. The highest BCUT2D eigenvalue weighted by Crippen LogP contribution is 2.28. The Hall–Kier alpha value is -0.970. The van der Waals surface area contributed by atoms with Crippen molar-refractivity contribution in [1.29, 1.82) is 0 Å². The molecule has 0 saturated heterocycles. The van der Waals surface area contributed by atoms with Gasteiger partial charge in [0.05, 0.1) is 5.02 Å². The number of nitrogens with one attached hydrogen (secondary N) is 2. The predicted octanol–water partition coefficient (Wildman–Crippen LogP) is 2.48.